The van der Waals surface area contributed by atoms with Crippen LogP contribution in [0.1, 0.15) is 32.6 Å². The molecule has 0 radical (unpaired) electrons. The van der Waals surface area contributed by atoms with Crippen molar-refractivity contribution in [1.29, 1.82) is 0 Å². The predicted molar refractivity (Wildman–Crippen MR) is 75.2 cm³/mol. The number of carboxylic acids is 1. The van der Waals surface area contributed by atoms with Crippen molar-refractivity contribution in [3.8, 4) is 0 Å². The molecule has 2 unspecified atom stereocenters. The van der Waals surface area contributed by atoms with Crippen LogP contribution in [0, 0.1) is 5.41 Å². The first kappa shape index (κ1) is 15.3. The topological polar surface area (TPSA) is 86.9 Å². The average Bonchev–Trinajstić information content (AvgIpc) is 2.77. The van der Waals surface area contributed by atoms with Crippen LogP contribution in [0.15, 0.2) is 0 Å². The maximum atomic E-state index is 12.6. The van der Waals surface area contributed by atoms with E-state index >= 15 is 0 Å². The van der Waals surface area contributed by atoms with Crippen LogP contribution in [0.25, 0.3) is 0 Å². The van der Waals surface area contributed by atoms with Crippen molar-refractivity contribution in [2.75, 3.05) is 32.7 Å². The van der Waals surface area contributed by atoms with Gasteiger partial charge >= 0.3 is 5.97 Å². The van der Waals surface area contributed by atoms with Gasteiger partial charge in [0.15, 0.2) is 0 Å². The first-order chi connectivity index (χ1) is 9.43. The molecular formula is C14H25N3O3. The van der Waals surface area contributed by atoms with Gasteiger partial charge in [0.25, 0.3) is 0 Å². The molecule has 1 aliphatic heterocycles. The number of amides is 1. The number of hydrogen-bond acceptors (Lipinski definition) is 4. The third-order valence-electron chi connectivity index (χ3n) is 4.82. The molecular weight excluding hydrogens is 258 g/mol. The molecule has 1 saturated heterocycles. The van der Waals surface area contributed by atoms with E-state index in [9.17, 15) is 9.59 Å². The second kappa shape index (κ2) is 6.10. The van der Waals surface area contributed by atoms with Gasteiger partial charge in [0, 0.05) is 38.8 Å². The second-order valence-electron chi connectivity index (χ2n) is 6.19. The van der Waals surface area contributed by atoms with Gasteiger partial charge in [-0.15, -0.1) is 0 Å². The Hall–Kier alpha value is -1.14. The summed E-state index contributed by atoms with van der Waals surface area (Å²) in [6.45, 7) is 5.42. The number of carboxylic acid groups (broad SMARTS) is 1. The molecule has 2 fully saturated rings. The third-order valence-corrected chi connectivity index (χ3v) is 4.82. The molecule has 0 aromatic rings. The summed E-state index contributed by atoms with van der Waals surface area (Å²) in [5, 5.41) is 8.69. The van der Waals surface area contributed by atoms with Crippen LogP contribution >= 0.6 is 0 Å². The minimum atomic E-state index is -0.770. The van der Waals surface area contributed by atoms with E-state index in [1.54, 1.807) is 0 Å². The summed E-state index contributed by atoms with van der Waals surface area (Å²) in [6, 6.07) is -0.0277. The second-order valence-corrected chi connectivity index (χ2v) is 6.19. The van der Waals surface area contributed by atoms with E-state index in [1.165, 1.54) is 0 Å². The molecule has 1 aliphatic carbocycles. The SMILES string of the molecule is CC1(C(=O)N2CCN(CCC(=O)O)CC2)CCCC1N. The summed E-state index contributed by atoms with van der Waals surface area (Å²) in [5.74, 6) is -0.590. The Bertz CT molecular complexity index is 380. The van der Waals surface area contributed by atoms with Crippen molar-refractivity contribution in [3.05, 3.63) is 0 Å². The highest BCUT2D eigenvalue weighted by Crippen LogP contribution is 2.38. The summed E-state index contributed by atoms with van der Waals surface area (Å²) in [4.78, 5) is 27.2. The van der Waals surface area contributed by atoms with E-state index in [1.807, 2.05) is 11.8 Å². The highest BCUT2D eigenvalue weighted by Gasteiger charge is 2.45. The van der Waals surface area contributed by atoms with Crippen LogP contribution in [0.4, 0.5) is 0 Å². The number of carbonyl (C=O) groups is 2. The Morgan fingerprint density at radius 3 is 2.45 bits per heavy atom. The van der Waals surface area contributed by atoms with Crippen molar-refractivity contribution >= 4 is 11.9 Å². The zero-order valence-corrected chi connectivity index (χ0v) is 12.2. The highest BCUT2D eigenvalue weighted by atomic mass is 16.4. The van der Waals surface area contributed by atoms with E-state index in [2.05, 4.69) is 4.90 Å². The zero-order chi connectivity index (χ0) is 14.8. The Morgan fingerprint density at radius 2 is 1.95 bits per heavy atom. The number of hydrogen-bond donors (Lipinski definition) is 2. The van der Waals surface area contributed by atoms with E-state index in [0.29, 0.717) is 19.6 Å². The fourth-order valence-corrected chi connectivity index (χ4v) is 3.25. The molecule has 2 rings (SSSR count). The Morgan fingerprint density at radius 1 is 1.30 bits per heavy atom. The number of carbonyl (C=O) groups excluding carboxylic acids is 1. The number of rotatable bonds is 4. The lowest BCUT2D eigenvalue weighted by Crippen LogP contribution is -2.55. The van der Waals surface area contributed by atoms with Crippen LogP contribution in [-0.2, 0) is 9.59 Å². The molecule has 1 saturated carbocycles. The normalized spacial score (nSPS) is 31.5. The lowest BCUT2D eigenvalue weighted by Gasteiger charge is -2.39. The molecule has 20 heavy (non-hydrogen) atoms. The maximum absolute atomic E-state index is 12.6. The average molecular weight is 283 g/mol. The summed E-state index contributed by atoms with van der Waals surface area (Å²) in [6.07, 6.45) is 3.01. The quantitative estimate of drug-likeness (QED) is 0.765. The number of piperazine rings is 1. The van der Waals surface area contributed by atoms with Gasteiger partial charge in [-0.05, 0) is 19.8 Å². The molecule has 0 aromatic heterocycles. The molecule has 0 aromatic carbocycles. The Labute approximate surface area is 119 Å². The van der Waals surface area contributed by atoms with E-state index in [0.717, 1.165) is 32.4 Å². The monoisotopic (exact) mass is 283 g/mol. The van der Waals surface area contributed by atoms with Crippen LogP contribution < -0.4 is 5.73 Å². The predicted octanol–water partition coefficient (Wildman–Crippen LogP) is 0.123. The van der Waals surface area contributed by atoms with Gasteiger partial charge in [-0.1, -0.05) is 6.42 Å². The van der Waals surface area contributed by atoms with E-state index in [-0.39, 0.29) is 18.4 Å². The molecule has 1 heterocycles. The molecule has 0 spiro atoms. The van der Waals surface area contributed by atoms with Gasteiger partial charge < -0.3 is 15.7 Å². The van der Waals surface area contributed by atoms with Crippen molar-refractivity contribution in [3.63, 3.8) is 0 Å². The number of nitrogens with zero attached hydrogens (tertiary/aromatic N) is 2. The smallest absolute Gasteiger partial charge is 0.304 e. The minimum absolute atomic E-state index is 0.0277. The Kier molecular flexibility index (Phi) is 4.65. The first-order valence-corrected chi connectivity index (χ1v) is 7.42. The summed E-state index contributed by atoms with van der Waals surface area (Å²) in [5.41, 5.74) is 5.71. The highest BCUT2D eigenvalue weighted by molar-refractivity contribution is 5.83. The third kappa shape index (κ3) is 3.12. The van der Waals surface area contributed by atoms with E-state index in [4.69, 9.17) is 10.8 Å². The fourth-order valence-electron chi connectivity index (χ4n) is 3.25. The van der Waals surface area contributed by atoms with Gasteiger partial charge in [-0.3, -0.25) is 14.5 Å². The molecule has 0 bridgehead atoms. The summed E-state index contributed by atoms with van der Waals surface area (Å²) >= 11 is 0. The molecule has 114 valence electrons. The lowest BCUT2D eigenvalue weighted by molar-refractivity contribution is -0.144. The van der Waals surface area contributed by atoms with Gasteiger partial charge in [-0.2, -0.15) is 0 Å². The van der Waals surface area contributed by atoms with Gasteiger partial charge in [0.05, 0.1) is 11.8 Å². The summed E-state index contributed by atoms with van der Waals surface area (Å²) in [7, 11) is 0. The van der Waals surface area contributed by atoms with Gasteiger partial charge in [0.1, 0.15) is 0 Å². The van der Waals surface area contributed by atoms with Crippen LogP contribution in [-0.4, -0.2) is 65.5 Å². The lowest BCUT2D eigenvalue weighted by atomic mass is 9.83. The Balaban J connectivity index is 1.84. The van der Waals surface area contributed by atoms with Gasteiger partial charge in [0.2, 0.25) is 5.91 Å². The molecule has 3 N–H and O–H groups in total. The maximum Gasteiger partial charge on any atom is 0.304 e. The van der Waals surface area contributed by atoms with Crippen LogP contribution in [0.2, 0.25) is 0 Å². The minimum Gasteiger partial charge on any atom is -0.481 e. The number of nitrogens with two attached hydrogens (primary N) is 1. The van der Waals surface area contributed by atoms with E-state index < -0.39 is 11.4 Å². The van der Waals surface area contributed by atoms with Crippen molar-refractivity contribution < 1.29 is 14.7 Å². The molecule has 1 amide bonds. The zero-order valence-electron chi connectivity index (χ0n) is 12.2. The molecule has 6 nitrogen and oxygen atoms in total. The van der Waals surface area contributed by atoms with Crippen LogP contribution in [0.5, 0.6) is 0 Å². The number of aliphatic carboxylic acids is 1. The van der Waals surface area contributed by atoms with Crippen LogP contribution in [0.3, 0.4) is 0 Å². The summed E-state index contributed by atoms with van der Waals surface area (Å²) < 4.78 is 0. The largest absolute Gasteiger partial charge is 0.481 e. The molecule has 2 atom stereocenters. The molecule has 6 heteroatoms. The van der Waals surface area contributed by atoms with Crippen molar-refractivity contribution in [2.45, 2.75) is 38.6 Å². The van der Waals surface area contributed by atoms with Crippen molar-refractivity contribution in [1.82, 2.24) is 9.80 Å². The molecule has 2 aliphatic rings. The van der Waals surface area contributed by atoms with Crippen molar-refractivity contribution in [2.24, 2.45) is 11.1 Å². The fraction of sp³-hybridized carbons (Fsp3) is 0.857. The van der Waals surface area contributed by atoms with Gasteiger partial charge in [-0.25, -0.2) is 0 Å². The standard InChI is InChI=1S/C14H25N3O3/c1-14(5-2-3-11(14)15)13(20)17-9-7-16(8-10-17)6-4-12(18)19/h11H,2-10,15H2,1H3,(H,18,19). The first-order valence-electron chi connectivity index (χ1n) is 7.42.